The first-order chi connectivity index (χ1) is 10.3. The Balaban J connectivity index is 3.08. The maximum Gasteiger partial charge on any atom is 0.305 e. The van der Waals surface area contributed by atoms with Crippen molar-refractivity contribution in [3.05, 3.63) is 12.7 Å². The van der Waals surface area contributed by atoms with E-state index < -0.39 is 0 Å². The van der Waals surface area contributed by atoms with E-state index in [0.717, 1.165) is 25.7 Å². The van der Waals surface area contributed by atoms with Crippen LogP contribution in [0, 0.1) is 11.8 Å². The highest BCUT2D eigenvalue weighted by atomic mass is 16.5. The summed E-state index contributed by atoms with van der Waals surface area (Å²) in [7, 11) is 1.45. The lowest BCUT2D eigenvalue weighted by Crippen LogP contribution is -1.99. The fraction of sp³-hybridized carbons (Fsp3) is 0.737. The topological polar surface area (TPSA) is 26.3 Å². The minimum absolute atomic E-state index is 0.0795. The van der Waals surface area contributed by atoms with E-state index >= 15 is 0 Å². The molecule has 0 aliphatic rings. The van der Waals surface area contributed by atoms with Crippen molar-refractivity contribution in [2.45, 2.75) is 83.5 Å². The average molecular weight is 292 g/mol. The summed E-state index contributed by atoms with van der Waals surface area (Å²) in [5.74, 6) is 6.18. The molecule has 0 fully saturated rings. The lowest BCUT2D eigenvalue weighted by Gasteiger charge is -2.02. The van der Waals surface area contributed by atoms with Crippen LogP contribution in [0.25, 0.3) is 0 Å². The van der Waals surface area contributed by atoms with E-state index in [2.05, 4.69) is 23.2 Å². The molecule has 0 unspecified atom stereocenters. The number of unbranched alkanes of at least 4 members (excludes halogenated alkanes) is 10. The Morgan fingerprint density at radius 2 is 1.43 bits per heavy atom. The SMILES string of the molecule is C=CCC#CCCCCCCCCCCCCC(=O)OC. The number of rotatable bonds is 13. The minimum atomic E-state index is -0.0795. The zero-order valence-corrected chi connectivity index (χ0v) is 13.8. The largest absolute Gasteiger partial charge is 0.469 e. The number of allylic oxidation sites excluding steroid dienone is 1. The Kier molecular flexibility index (Phi) is 15.8. The highest BCUT2D eigenvalue weighted by molar-refractivity contribution is 5.68. The molecule has 0 radical (unpaired) electrons. The van der Waals surface area contributed by atoms with Crippen molar-refractivity contribution in [2.24, 2.45) is 0 Å². The van der Waals surface area contributed by atoms with Crippen LogP contribution >= 0.6 is 0 Å². The number of carbonyl (C=O) groups excluding carboxylic acids is 1. The van der Waals surface area contributed by atoms with Crippen molar-refractivity contribution in [1.29, 1.82) is 0 Å². The fourth-order valence-corrected chi connectivity index (χ4v) is 2.23. The number of methoxy groups -OCH3 is 1. The molecule has 0 aliphatic heterocycles. The minimum Gasteiger partial charge on any atom is -0.469 e. The van der Waals surface area contributed by atoms with Crippen LogP contribution in [0.5, 0.6) is 0 Å². The molecule has 0 aromatic heterocycles. The second-order valence-electron chi connectivity index (χ2n) is 5.46. The third kappa shape index (κ3) is 16.7. The second-order valence-corrected chi connectivity index (χ2v) is 5.46. The van der Waals surface area contributed by atoms with Crippen LogP contribution in [-0.2, 0) is 9.53 Å². The summed E-state index contributed by atoms with van der Waals surface area (Å²) in [6, 6.07) is 0. The smallest absolute Gasteiger partial charge is 0.305 e. The van der Waals surface area contributed by atoms with Crippen LogP contribution in [0.15, 0.2) is 12.7 Å². The summed E-state index contributed by atoms with van der Waals surface area (Å²) in [6.45, 7) is 3.65. The highest BCUT2D eigenvalue weighted by Gasteiger charge is 1.99. The summed E-state index contributed by atoms with van der Waals surface area (Å²) >= 11 is 0. The van der Waals surface area contributed by atoms with Crippen molar-refractivity contribution in [2.75, 3.05) is 7.11 Å². The van der Waals surface area contributed by atoms with Gasteiger partial charge in [0.2, 0.25) is 0 Å². The molecular weight excluding hydrogens is 260 g/mol. The molecule has 0 saturated heterocycles. The molecule has 0 aromatic carbocycles. The van der Waals surface area contributed by atoms with Crippen molar-refractivity contribution in [3.8, 4) is 11.8 Å². The van der Waals surface area contributed by atoms with Crippen LogP contribution in [-0.4, -0.2) is 13.1 Å². The number of carbonyl (C=O) groups is 1. The first-order valence-electron chi connectivity index (χ1n) is 8.44. The van der Waals surface area contributed by atoms with Gasteiger partial charge in [-0.2, -0.15) is 0 Å². The van der Waals surface area contributed by atoms with Gasteiger partial charge in [0.1, 0.15) is 0 Å². The van der Waals surface area contributed by atoms with E-state index in [1.807, 2.05) is 6.08 Å². The predicted octanol–water partition coefficient (Wildman–Crippen LogP) is 5.42. The molecule has 0 N–H and O–H groups in total. The van der Waals surface area contributed by atoms with E-state index in [9.17, 15) is 4.79 Å². The third-order valence-electron chi connectivity index (χ3n) is 3.53. The standard InChI is InChI=1S/C19H32O2/c1-3-4-5-6-7-8-9-10-11-12-13-14-15-16-17-18-19(20)21-2/h3H,1,4,7-18H2,2H3. The molecule has 0 saturated carbocycles. The summed E-state index contributed by atoms with van der Waals surface area (Å²) in [5, 5.41) is 0. The van der Waals surface area contributed by atoms with Gasteiger partial charge in [0.05, 0.1) is 7.11 Å². The number of hydrogen-bond acceptors (Lipinski definition) is 2. The zero-order chi connectivity index (χ0) is 15.6. The van der Waals surface area contributed by atoms with Gasteiger partial charge in [-0.15, -0.1) is 12.5 Å². The molecular formula is C19H32O2. The monoisotopic (exact) mass is 292 g/mol. The van der Waals surface area contributed by atoms with E-state index in [-0.39, 0.29) is 5.97 Å². The molecule has 2 heteroatoms. The van der Waals surface area contributed by atoms with E-state index in [0.29, 0.717) is 6.42 Å². The van der Waals surface area contributed by atoms with Gasteiger partial charge in [0, 0.05) is 19.3 Å². The third-order valence-corrected chi connectivity index (χ3v) is 3.53. The van der Waals surface area contributed by atoms with Gasteiger partial charge < -0.3 is 4.74 Å². The van der Waals surface area contributed by atoms with Gasteiger partial charge in [-0.1, -0.05) is 63.4 Å². The van der Waals surface area contributed by atoms with Gasteiger partial charge in [-0.05, 0) is 12.8 Å². The molecule has 0 aliphatic carbocycles. The molecule has 2 nitrogen and oxygen atoms in total. The molecule has 21 heavy (non-hydrogen) atoms. The van der Waals surface area contributed by atoms with Crippen LogP contribution in [0.4, 0.5) is 0 Å². The van der Waals surface area contributed by atoms with Crippen molar-refractivity contribution >= 4 is 5.97 Å². The zero-order valence-electron chi connectivity index (χ0n) is 13.8. The summed E-state index contributed by atoms with van der Waals surface area (Å²) in [5.41, 5.74) is 0. The first-order valence-corrected chi connectivity index (χ1v) is 8.44. The van der Waals surface area contributed by atoms with Gasteiger partial charge >= 0.3 is 5.97 Å². The van der Waals surface area contributed by atoms with Crippen LogP contribution in [0.2, 0.25) is 0 Å². The summed E-state index contributed by atoms with van der Waals surface area (Å²) < 4.78 is 4.62. The Morgan fingerprint density at radius 1 is 0.905 bits per heavy atom. The Labute approximate surface area is 131 Å². The number of esters is 1. The van der Waals surface area contributed by atoms with Crippen molar-refractivity contribution < 1.29 is 9.53 Å². The maximum atomic E-state index is 10.9. The highest BCUT2D eigenvalue weighted by Crippen LogP contribution is 2.12. The van der Waals surface area contributed by atoms with E-state index in [1.54, 1.807) is 0 Å². The quantitative estimate of drug-likeness (QED) is 0.196. The summed E-state index contributed by atoms with van der Waals surface area (Å²) in [4.78, 5) is 10.9. The number of ether oxygens (including phenoxy) is 1. The molecule has 0 spiro atoms. The van der Waals surface area contributed by atoms with Gasteiger partial charge in [-0.25, -0.2) is 0 Å². The molecule has 0 aromatic rings. The van der Waals surface area contributed by atoms with Gasteiger partial charge in [-0.3, -0.25) is 4.79 Å². The fourth-order valence-electron chi connectivity index (χ4n) is 2.23. The Bertz CT molecular complexity index is 309. The normalized spacial score (nSPS) is 9.76. The van der Waals surface area contributed by atoms with Crippen LogP contribution in [0.1, 0.15) is 83.5 Å². The Hall–Kier alpha value is -1.23. The first kappa shape index (κ1) is 19.8. The van der Waals surface area contributed by atoms with Crippen LogP contribution < -0.4 is 0 Å². The molecule has 0 atom stereocenters. The van der Waals surface area contributed by atoms with Gasteiger partial charge in [0.15, 0.2) is 0 Å². The predicted molar refractivity (Wildman–Crippen MR) is 90.0 cm³/mol. The van der Waals surface area contributed by atoms with E-state index in [1.165, 1.54) is 58.5 Å². The lowest BCUT2D eigenvalue weighted by atomic mass is 10.1. The van der Waals surface area contributed by atoms with E-state index in [4.69, 9.17) is 0 Å². The molecule has 0 amide bonds. The molecule has 120 valence electrons. The average Bonchev–Trinajstić information content (AvgIpc) is 2.50. The van der Waals surface area contributed by atoms with Crippen LogP contribution in [0.3, 0.4) is 0 Å². The summed E-state index contributed by atoms with van der Waals surface area (Å²) in [6.07, 6.45) is 16.9. The van der Waals surface area contributed by atoms with Crippen molar-refractivity contribution in [3.63, 3.8) is 0 Å². The second kappa shape index (κ2) is 16.8. The molecule has 0 bridgehead atoms. The Morgan fingerprint density at radius 3 is 1.95 bits per heavy atom. The lowest BCUT2D eigenvalue weighted by molar-refractivity contribution is -0.140. The van der Waals surface area contributed by atoms with Gasteiger partial charge in [0.25, 0.3) is 0 Å². The molecule has 0 rings (SSSR count). The number of hydrogen-bond donors (Lipinski definition) is 0. The maximum absolute atomic E-state index is 10.9. The van der Waals surface area contributed by atoms with Crippen molar-refractivity contribution in [1.82, 2.24) is 0 Å². The molecule has 0 heterocycles.